The van der Waals surface area contributed by atoms with Crippen LogP contribution < -0.4 is 9.47 Å². The predicted molar refractivity (Wildman–Crippen MR) is 85.2 cm³/mol. The Morgan fingerprint density at radius 3 is 2.45 bits per heavy atom. The minimum absolute atomic E-state index is 0.536. The Morgan fingerprint density at radius 1 is 1.00 bits per heavy atom. The third-order valence-corrected chi connectivity index (χ3v) is 3.95. The van der Waals surface area contributed by atoms with E-state index in [1.165, 1.54) is 0 Å². The summed E-state index contributed by atoms with van der Waals surface area (Å²) in [4.78, 5) is 9.62. The number of fused-ring (bicyclic) bond motifs is 4. The minimum atomic E-state index is -0.536. The molecule has 0 atom stereocenters. The van der Waals surface area contributed by atoms with Crippen LogP contribution in [0.5, 0.6) is 11.5 Å². The Labute approximate surface area is 128 Å². The summed E-state index contributed by atoms with van der Waals surface area (Å²) in [7, 11) is 1.65. The Hall–Kier alpha value is -2.62. The molecule has 0 saturated heterocycles. The molecule has 2 heterocycles. The van der Waals surface area contributed by atoms with E-state index >= 15 is 0 Å². The number of methoxy groups -OCH3 is 1. The van der Waals surface area contributed by atoms with E-state index in [1.54, 1.807) is 7.11 Å². The Bertz CT molecular complexity index is 887. The molecule has 4 heteroatoms. The molecule has 1 aliphatic heterocycles. The highest BCUT2D eigenvalue weighted by Gasteiger charge is 2.35. The lowest BCUT2D eigenvalue weighted by molar-refractivity contribution is 0.100. The van der Waals surface area contributed by atoms with E-state index in [4.69, 9.17) is 19.4 Å². The number of ether oxygens (including phenoxy) is 2. The molecule has 4 nitrogen and oxygen atoms in total. The summed E-state index contributed by atoms with van der Waals surface area (Å²) in [5, 5.41) is 0. The lowest BCUT2D eigenvalue weighted by atomic mass is 9.94. The van der Waals surface area contributed by atoms with Crippen LogP contribution in [0, 0.1) is 0 Å². The lowest BCUT2D eigenvalue weighted by Crippen LogP contribution is -2.31. The average molecular weight is 292 g/mol. The Balaban J connectivity index is 2.04. The third-order valence-electron chi connectivity index (χ3n) is 3.95. The number of hydrogen-bond donors (Lipinski definition) is 0. The molecule has 0 bridgehead atoms. The van der Waals surface area contributed by atoms with Gasteiger partial charge in [0, 0.05) is 11.6 Å². The van der Waals surface area contributed by atoms with Crippen LogP contribution in [0.25, 0.3) is 22.3 Å². The molecule has 0 saturated carbocycles. The largest absolute Gasteiger partial charge is 0.497 e. The van der Waals surface area contributed by atoms with Crippen LogP contribution >= 0.6 is 0 Å². The first kappa shape index (κ1) is 13.1. The Kier molecular flexibility index (Phi) is 2.64. The minimum Gasteiger partial charge on any atom is -0.497 e. The van der Waals surface area contributed by atoms with E-state index in [9.17, 15) is 0 Å². The molecule has 1 aromatic heterocycles. The van der Waals surface area contributed by atoms with E-state index in [-0.39, 0.29) is 0 Å². The molecule has 0 aliphatic carbocycles. The molecule has 110 valence electrons. The van der Waals surface area contributed by atoms with Crippen LogP contribution in [-0.2, 0) is 5.60 Å². The van der Waals surface area contributed by atoms with Crippen LogP contribution in [0.4, 0.5) is 0 Å². The summed E-state index contributed by atoms with van der Waals surface area (Å²) in [6.45, 7) is 4.02. The van der Waals surface area contributed by atoms with E-state index in [0.29, 0.717) is 0 Å². The van der Waals surface area contributed by atoms with Crippen molar-refractivity contribution < 1.29 is 9.47 Å². The highest BCUT2D eigenvalue weighted by Crippen LogP contribution is 2.45. The summed E-state index contributed by atoms with van der Waals surface area (Å²) < 4.78 is 11.4. The molecule has 1 aliphatic rings. The Morgan fingerprint density at radius 2 is 1.73 bits per heavy atom. The second-order valence-electron chi connectivity index (χ2n) is 5.88. The van der Waals surface area contributed by atoms with Crippen LogP contribution in [0.2, 0.25) is 0 Å². The zero-order valence-corrected chi connectivity index (χ0v) is 12.8. The predicted octanol–water partition coefficient (Wildman–Crippen LogP) is 3.93. The van der Waals surface area contributed by atoms with Gasteiger partial charge in [-0.15, -0.1) is 0 Å². The summed E-state index contributed by atoms with van der Waals surface area (Å²) in [6, 6.07) is 13.7. The zero-order chi connectivity index (χ0) is 15.3. The fourth-order valence-electron chi connectivity index (χ4n) is 2.84. The summed E-state index contributed by atoms with van der Waals surface area (Å²) in [5.41, 5.74) is 3.94. The quantitative estimate of drug-likeness (QED) is 0.681. The van der Waals surface area contributed by atoms with Crippen molar-refractivity contribution in [2.24, 2.45) is 0 Å². The van der Waals surface area contributed by atoms with Crippen molar-refractivity contribution in [3.05, 3.63) is 48.2 Å². The smallest absolute Gasteiger partial charge is 0.147 e. The topological polar surface area (TPSA) is 44.2 Å². The number of nitrogens with zero attached hydrogens (tertiary/aromatic N) is 2. The molecule has 0 radical (unpaired) electrons. The fraction of sp³-hybridized carbons (Fsp3) is 0.222. The van der Waals surface area contributed by atoms with E-state index < -0.39 is 5.60 Å². The SMILES string of the molecule is COc1ccc2c(c1)OC(C)(C)c1nc3ccccc3nc1-2. The highest BCUT2D eigenvalue weighted by molar-refractivity contribution is 5.81. The lowest BCUT2D eigenvalue weighted by Gasteiger charge is -2.33. The molecule has 4 rings (SSSR count). The second-order valence-corrected chi connectivity index (χ2v) is 5.88. The fourth-order valence-corrected chi connectivity index (χ4v) is 2.84. The number of rotatable bonds is 1. The summed E-state index contributed by atoms with van der Waals surface area (Å²) in [6.07, 6.45) is 0. The van der Waals surface area contributed by atoms with E-state index in [2.05, 4.69) is 0 Å². The molecule has 0 amide bonds. The van der Waals surface area contributed by atoms with Crippen molar-refractivity contribution in [1.82, 2.24) is 9.97 Å². The van der Waals surface area contributed by atoms with E-state index in [1.807, 2.05) is 56.3 Å². The highest BCUT2D eigenvalue weighted by atomic mass is 16.5. The van der Waals surface area contributed by atoms with Gasteiger partial charge in [0.15, 0.2) is 0 Å². The van der Waals surface area contributed by atoms with Gasteiger partial charge in [0.05, 0.1) is 18.1 Å². The molecule has 0 fully saturated rings. The van der Waals surface area contributed by atoms with Crippen molar-refractivity contribution in [3.8, 4) is 22.8 Å². The van der Waals surface area contributed by atoms with Crippen LogP contribution in [0.3, 0.4) is 0 Å². The van der Waals surface area contributed by atoms with Crippen molar-refractivity contribution in [2.45, 2.75) is 19.4 Å². The standard InChI is InChI=1S/C18H16N2O2/c1-18(2)17-16(19-13-6-4-5-7-14(13)20-17)12-9-8-11(21-3)10-15(12)22-18/h4-10H,1-3H3. The molecular formula is C18H16N2O2. The van der Waals surface area contributed by atoms with Gasteiger partial charge in [-0.2, -0.15) is 0 Å². The maximum absolute atomic E-state index is 6.15. The first-order chi connectivity index (χ1) is 10.6. The zero-order valence-electron chi connectivity index (χ0n) is 12.8. The molecule has 0 N–H and O–H groups in total. The molecule has 0 unspecified atom stereocenters. The molecule has 0 spiro atoms. The van der Waals surface area contributed by atoms with Crippen molar-refractivity contribution in [3.63, 3.8) is 0 Å². The first-order valence-electron chi connectivity index (χ1n) is 7.23. The van der Waals surface area contributed by atoms with Gasteiger partial charge in [-0.1, -0.05) is 12.1 Å². The molecule has 3 aromatic rings. The van der Waals surface area contributed by atoms with Crippen molar-refractivity contribution >= 4 is 11.0 Å². The van der Waals surface area contributed by atoms with Crippen LogP contribution in [0.15, 0.2) is 42.5 Å². The maximum Gasteiger partial charge on any atom is 0.147 e. The van der Waals surface area contributed by atoms with Crippen molar-refractivity contribution in [2.75, 3.05) is 7.11 Å². The number of benzene rings is 2. The first-order valence-corrected chi connectivity index (χ1v) is 7.23. The number of hydrogen-bond acceptors (Lipinski definition) is 4. The van der Waals surface area contributed by atoms with Gasteiger partial charge < -0.3 is 9.47 Å². The van der Waals surface area contributed by atoms with Gasteiger partial charge in [0.1, 0.15) is 28.5 Å². The third kappa shape index (κ3) is 1.84. The molecule has 2 aromatic carbocycles. The average Bonchev–Trinajstić information content (AvgIpc) is 2.52. The second kappa shape index (κ2) is 4.44. The normalized spacial score (nSPS) is 14.9. The van der Waals surface area contributed by atoms with Gasteiger partial charge in [-0.05, 0) is 38.1 Å². The molecule has 22 heavy (non-hydrogen) atoms. The van der Waals surface area contributed by atoms with Gasteiger partial charge in [0.25, 0.3) is 0 Å². The van der Waals surface area contributed by atoms with Crippen LogP contribution in [0.1, 0.15) is 19.5 Å². The molecular weight excluding hydrogens is 276 g/mol. The summed E-state index contributed by atoms with van der Waals surface area (Å²) >= 11 is 0. The van der Waals surface area contributed by atoms with Gasteiger partial charge in [-0.3, -0.25) is 0 Å². The van der Waals surface area contributed by atoms with Gasteiger partial charge in [-0.25, -0.2) is 9.97 Å². The summed E-state index contributed by atoms with van der Waals surface area (Å²) in [5.74, 6) is 1.55. The number of para-hydroxylation sites is 2. The number of aromatic nitrogens is 2. The van der Waals surface area contributed by atoms with Crippen LogP contribution in [-0.4, -0.2) is 17.1 Å². The maximum atomic E-state index is 6.15. The van der Waals surface area contributed by atoms with Crippen molar-refractivity contribution in [1.29, 1.82) is 0 Å². The monoisotopic (exact) mass is 292 g/mol. The van der Waals surface area contributed by atoms with Gasteiger partial charge in [0.2, 0.25) is 0 Å². The van der Waals surface area contributed by atoms with E-state index in [0.717, 1.165) is 39.5 Å². The van der Waals surface area contributed by atoms with Gasteiger partial charge >= 0.3 is 0 Å².